The molecule has 0 unspecified atom stereocenters. The number of hydrogen-bond donors (Lipinski definition) is 2. The molecule has 0 aliphatic carbocycles. The van der Waals surface area contributed by atoms with Gasteiger partial charge in [0.1, 0.15) is 0 Å². The van der Waals surface area contributed by atoms with Crippen LogP contribution in [0.5, 0.6) is 11.5 Å². The Hall–Kier alpha value is -1.77. The number of pyridine rings is 1. The molecule has 1 aromatic carbocycles. The molecule has 0 aliphatic heterocycles. The van der Waals surface area contributed by atoms with Crippen molar-refractivity contribution in [3.8, 4) is 11.5 Å². The van der Waals surface area contributed by atoms with Crippen molar-refractivity contribution in [2.45, 2.75) is 6.92 Å². The molecule has 2 N–H and O–H groups in total. The first-order chi connectivity index (χ1) is 6.20. The fraction of sp³-hybridized carbons (Fsp3) is 0.100. The number of hydrogen-bond acceptors (Lipinski definition) is 3. The van der Waals surface area contributed by atoms with Crippen LogP contribution in [0.25, 0.3) is 10.8 Å². The van der Waals surface area contributed by atoms with Gasteiger partial charge in [-0.05, 0) is 24.6 Å². The van der Waals surface area contributed by atoms with Gasteiger partial charge in [-0.1, -0.05) is 0 Å². The maximum atomic E-state index is 9.56. The number of benzene rings is 1. The molecule has 0 saturated carbocycles. The first-order valence-corrected chi connectivity index (χ1v) is 3.95. The second-order valence-electron chi connectivity index (χ2n) is 2.99. The number of phenolic OH excluding ortho intramolecular Hbond substituents is 2. The summed E-state index contributed by atoms with van der Waals surface area (Å²) >= 11 is 0. The quantitative estimate of drug-likeness (QED) is 0.602. The van der Waals surface area contributed by atoms with Crippen molar-refractivity contribution in [3.63, 3.8) is 0 Å². The lowest BCUT2D eigenvalue weighted by atomic mass is 10.1. The fourth-order valence-electron chi connectivity index (χ4n) is 1.35. The number of aromatic hydroxyl groups is 2. The van der Waals surface area contributed by atoms with Crippen LogP contribution in [-0.2, 0) is 0 Å². The summed E-state index contributed by atoms with van der Waals surface area (Å²) < 4.78 is 0. The highest BCUT2D eigenvalue weighted by atomic mass is 16.3. The summed E-state index contributed by atoms with van der Waals surface area (Å²) in [5.74, 6) is -0.129. The van der Waals surface area contributed by atoms with Crippen LogP contribution in [-0.4, -0.2) is 15.2 Å². The monoisotopic (exact) mass is 175 g/mol. The van der Waals surface area contributed by atoms with Crippen LogP contribution in [0.3, 0.4) is 0 Å². The van der Waals surface area contributed by atoms with Gasteiger partial charge in [-0.15, -0.1) is 0 Å². The van der Waals surface area contributed by atoms with E-state index in [2.05, 4.69) is 4.98 Å². The molecule has 0 aliphatic rings. The molecule has 3 heteroatoms. The van der Waals surface area contributed by atoms with Crippen LogP contribution >= 0.6 is 0 Å². The Balaban J connectivity index is 2.94. The minimum atomic E-state index is -0.0719. The third kappa shape index (κ3) is 1.09. The Morgan fingerprint density at radius 3 is 2.77 bits per heavy atom. The van der Waals surface area contributed by atoms with Gasteiger partial charge in [-0.25, -0.2) is 0 Å². The molecular formula is C10H9NO2. The van der Waals surface area contributed by atoms with Crippen LogP contribution in [0.4, 0.5) is 0 Å². The van der Waals surface area contributed by atoms with Crippen molar-refractivity contribution >= 4 is 10.8 Å². The molecule has 0 amide bonds. The third-order valence-corrected chi connectivity index (χ3v) is 2.08. The smallest absolute Gasteiger partial charge is 0.165 e. The zero-order valence-electron chi connectivity index (χ0n) is 7.15. The third-order valence-electron chi connectivity index (χ3n) is 2.08. The highest BCUT2D eigenvalue weighted by molar-refractivity contribution is 5.90. The van der Waals surface area contributed by atoms with Gasteiger partial charge in [0, 0.05) is 23.2 Å². The second kappa shape index (κ2) is 2.62. The number of fused-ring (bicyclic) bond motifs is 1. The maximum absolute atomic E-state index is 9.56. The second-order valence-corrected chi connectivity index (χ2v) is 2.99. The van der Waals surface area contributed by atoms with Crippen LogP contribution in [0.15, 0.2) is 24.5 Å². The van der Waals surface area contributed by atoms with Crippen LogP contribution < -0.4 is 0 Å². The van der Waals surface area contributed by atoms with E-state index < -0.39 is 0 Å². The lowest BCUT2D eigenvalue weighted by molar-refractivity contribution is 0.405. The van der Waals surface area contributed by atoms with Crippen molar-refractivity contribution in [1.82, 2.24) is 4.98 Å². The standard InChI is InChI=1S/C10H9NO2/c1-6-4-7-5-11-3-2-8(7)10(13)9(6)12/h2-5,12-13H,1H3. The van der Waals surface area contributed by atoms with E-state index in [-0.39, 0.29) is 11.5 Å². The van der Waals surface area contributed by atoms with E-state index in [1.165, 1.54) is 0 Å². The SMILES string of the molecule is Cc1cc2cnccc2c(O)c1O. The summed E-state index contributed by atoms with van der Waals surface area (Å²) in [5.41, 5.74) is 0.651. The molecule has 0 bridgehead atoms. The number of rotatable bonds is 0. The Kier molecular flexibility index (Phi) is 1.59. The van der Waals surface area contributed by atoms with Gasteiger partial charge in [0.25, 0.3) is 0 Å². The van der Waals surface area contributed by atoms with E-state index in [0.29, 0.717) is 10.9 Å². The summed E-state index contributed by atoms with van der Waals surface area (Å²) in [5, 5.41) is 20.4. The Labute approximate surface area is 75.3 Å². The molecule has 2 aromatic rings. The largest absolute Gasteiger partial charge is 0.504 e. The molecule has 1 aromatic heterocycles. The first-order valence-electron chi connectivity index (χ1n) is 3.95. The van der Waals surface area contributed by atoms with Crippen molar-refractivity contribution in [3.05, 3.63) is 30.1 Å². The van der Waals surface area contributed by atoms with Gasteiger partial charge >= 0.3 is 0 Å². The average Bonchev–Trinajstić information content (AvgIpc) is 2.15. The van der Waals surface area contributed by atoms with Gasteiger partial charge in [-0.2, -0.15) is 0 Å². The predicted molar refractivity (Wildman–Crippen MR) is 49.8 cm³/mol. The summed E-state index contributed by atoms with van der Waals surface area (Å²) in [6, 6.07) is 3.46. The highest BCUT2D eigenvalue weighted by Gasteiger charge is 2.07. The fourth-order valence-corrected chi connectivity index (χ4v) is 1.35. The number of aryl methyl sites for hydroxylation is 1. The molecule has 0 atom stereocenters. The van der Waals surface area contributed by atoms with Crippen molar-refractivity contribution < 1.29 is 10.2 Å². The van der Waals surface area contributed by atoms with E-state index in [9.17, 15) is 10.2 Å². The molecular weight excluding hydrogens is 166 g/mol. The highest BCUT2D eigenvalue weighted by Crippen LogP contribution is 2.35. The molecule has 0 saturated heterocycles. The van der Waals surface area contributed by atoms with E-state index in [1.54, 1.807) is 31.5 Å². The van der Waals surface area contributed by atoms with Crippen LogP contribution in [0.2, 0.25) is 0 Å². The van der Waals surface area contributed by atoms with Crippen molar-refractivity contribution in [1.29, 1.82) is 0 Å². The average molecular weight is 175 g/mol. The van der Waals surface area contributed by atoms with Crippen LogP contribution in [0, 0.1) is 6.92 Å². The summed E-state index contributed by atoms with van der Waals surface area (Å²) in [7, 11) is 0. The van der Waals surface area contributed by atoms with Crippen molar-refractivity contribution in [2.75, 3.05) is 0 Å². The first kappa shape index (κ1) is 7.86. The van der Waals surface area contributed by atoms with Crippen LogP contribution in [0.1, 0.15) is 5.56 Å². The molecule has 0 radical (unpaired) electrons. The van der Waals surface area contributed by atoms with E-state index >= 15 is 0 Å². The summed E-state index contributed by atoms with van der Waals surface area (Å²) in [4.78, 5) is 3.93. The van der Waals surface area contributed by atoms with E-state index in [0.717, 1.165) is 5.39 Å². The molecule has 0 spiro atoms. The molecule has 13 heavy (non-hydrogen) atoms. The molecule has 0 fully saturated rings. The van der Waals surface area contributed by atoms with Gasteiger partial charge in [0.05, 0.1) is 0 Å². The number of nitrogens with zero attached hydrogens (tertiary/aromatic N) is 1. The minimum absolute atomic E-state index is 0.0568. The summed E-state index contributed by atoms with van der Waals surface area (Å²) in [6.45, 7) is 1.74. The normalized spacial score (nSPS) is 10.5. The van der Waals surface area contributed by atoms with Crippen molar-refractivity contribution in [2.24, 2.45) is 0 Å². The zero-order chi connectivity index (χ0) is 9.42. The Bertz CT molecular complexity index is 466. The summed E-state index contributed by atoms with van der Waals surface area (Å²) in [6.07, 6.45) is 3.23. The lowest BCUT2D eigenvalue weighted by Gasteiger charge is -2.05. The van der Waals surface area contributed by atoms with E-state index in [4.69, 9.17) is 0 Å². The molecule has 3 nitrogen and oxygen atoms in total. The van der Waals surface area contributed by atoms with E-state index in [1.807, 2.05) is 0 Å². The number of aromatic nitrogens is 1. The predicted octanol–water partition coefficient (Wildman–Crippen LogP) is 1.95. The Morgan fingerprint density at radius 2 is 2.00 bits per heavy atom. The number of phenols is 2. The zero-order valence-corrected chi connectivity index (χ0v) is 7.15. The molecule has 1 heterocycles. The van der Waals surface area contributed by atoms with Gasteiger partial charge in [0.15, 0.2) is 11.5 Å². The molecule has 2 rings (SSSR count). The molecule has 66 valence electrons. The Morgan fingerprint density at radius 1 is 1.23 bits per heavy atom. The van der Waals surface area contributed by atoms with Gasteiger partial charge in [-0.3, -0.25) is 4.98 Å². The van der Waals surface area contributed by atoms with Gasteiger partial charge in [0.2, 0.25) is 0 Å². The topological polar surface area (TPSA) is 53.4 Å². The van der Waals surface area contributed by atoms with Gasteiger partial charge < -0.3 is 10.2 Å². The minimum Gasteiger partial charge on any atom is -0.504 e. The lowest BCUT2D eigenvalue weighted by Crippen LogP contribution is -1.81. The maximum Gasteiger partial charge on any atom is 0.165 e.